The Morgan fingerprint density at radius 3 is 2.28 bits per heavy atom. The van der Waals surface area contributed by atoms with Crippen molar-refractivity contribution in [3.8, 4) is 5.75 Å². The molecule has 2 aromatic rings. The number of benzene rings is 2. The van der Waals surface area contributed by atoms with Crippen LogP contribution in [0.25, 0.3) is 0 Å². The van der Waals surface area contributed by atoms with Crippen molar-refractivity contribution >= 4 is 23.4 Å². The molecule has 3 nitrogen and oxygen atoms in total. The zero-order valence-electron chi connectivity index (χ0n) is 9.81. The van der Waals surface area contributed by atoms with Gasteiger partial charge < -0.3 is 4.74 Å². The number of hydrogen-bond donors (Lipinski definition) is 1. The van der Waals surface area contributed by atoms with E-state index < -0.39 is 6.09 Å². The fourth-order valence-electron chi connectivity index (χ4n) is 1.39. The molecule has 92 valence electrons. The molecule has 0 unspecified atom stereocenters. The van der Waals surface area contributed by atoms with Crippen molar-refractivity contribution in [1.82, 2.24) is 0 Å². The van der Waals surface area contributed by atoms with E-state index >= 15 is 0 Å². The summed E-state index contributed by atoms with van der Waals surface area (Å²) in [4.78, 5) is 11.6. The van der Waals surface area contributed by atoms with Crippen LogP contribution in [-0.4, -0.2) is 6.09 Å². The number of amides is 1. The van der Waals surface area contributed by atoms with E-state index in [1.807, 2.05) is 19.1 Å². The molecule has 18 heavy (non-hydrogen) atoms. The van der Waals surface area contributed by atoms with Gasteiger partial charge in [0.15, 0.2) is 0 Å². The molecular formula is C14H12ClNO2. The summed E-state index contributed by atoms with van der Waals surface area (Å²) in [6.45, 7) is 1.97. The predicted molar refractivity (Wildman–Crippen MR) is 72.3 cm³/mol. The van der Waals surface area contributed by atoms with Crippen molar-refractivity contribution in [2.45, 2.75) is 6.92 Å². The molecule has 0 aliphatic carbocycles. The normalized spacial score (nSPS) is 9.89. The minimum Gasteiger partial charge on any atom is -0.410 e. The standard InChI is InChI=1S/C14H12ClNO2/c1-10-2-8-13(9-3-10)18-14(17)16-12-6-4-11(15)5-7-12/h2-9H,1H3,(H,16,17). The summed E-state index contributed by atoms with van der Waals surface area (Å²) >= 11 is 5.75. The van der Waals surface area contributed by atoms with Gasteiger partial charge in [-0.1, -0.05) is 29.3 Å². The van der Waals surface area contributed by atoms with Crippen molar-refractivity contribution in [2.75, 3.05) is 5.32 Å². The summed E-state index contributed by atoms with van der Waals surface area (Å²) in [7, 11) is 0. The van der Waals surface area contributed by atoms with E-state index in [2.05, 4.69) is 5.32 Å². The number of halogens is 1. The number of ether oxygens (including phenoxy) is 1. The van der Waals surface area contributed by atoms with Crippen molar-refractivity contribution in [2.24, 2.45) is 0 Å². The molecule has 0 aliphatic rings. The Morgan fingerprint density at radius 2 is 1.67 bits per heavy atom. The maximum absolute atomic E-state index is 11.6. The first-order chi connectivity index (χ1) is 8.63. The fourth-order valence-corrected chi connectivity index (χ4v) is 1.52. The molecule has 1 amide bonds. The van der Waals surface area contributed by atoms with Crippen LogP contribution >= 0.6 is 11.6 Å². The van der Waals surface area contributed by atoms with E-state index in [1.54, 1.807) is 36.4 Å². The first-order valence-electron chi connectivity index (χ1n) is 5.44. The first kappa shape index (κ1) is 12.5. The summed E-state index contributed by atoms with van der Waals surface area (Å²) in [6, 6.07) is 14.1. The third-order valence-corrected chi connectivity index (χ3v) is 2.57. The van der Waals surface area contributed by atoms with Gasteiger partial charge in [0.2, 0.25) is 0 Å². The van der Waals surface area contributed by atoms with Crippen molar-refractivity contribution in [3.63, 3.8) is 0 Å². The van der Waals surface area contributed by atoms with E-state index in [9.17, 15) is 4.79 Å². The van der Waals surface area contributed by atoms with Gasteiger partial charge in [-0.15, -0.1) is 0 Å². The van der Waals surface area contributed by atoms with Gasteiger partial charge in [-0.25, -0.2) is 4.79 Å². The van der Waals surface area contributed by atoms with Crippen LogP contribution in [0, 0.1) is 6.92 Å². The Labute approximate surface area is 110 Å². The monoisotopic (exact) mass is 261 g/mol. The van der Waals surface area contributed by atoms with Crippen molar-refractivity contribution in [3.05, 3.63) is 59.1 Å². The lowest BCUT2D eigenvalue weighted by atomic mass is 10.2. The molecular weight excluding hydrogens is 250 g/mol. The highest BCUT2D eigenvalue weighted by Gasteiger charge is 2.04. The van der Waals surface area contributed by atoms with E-state index in [0.717, 1.165) is 5.56 Å². The quantitative estimate of drug-likeness (QED) is 0.877. The fraction of sp³-hybridized carbons (Fsp3) is 0.0714. The van der Waals surface area contributed by atoms with Gasteiger partial charge in [-0.3, -0.25) is 5.32 Å². The van der Waals surface area contributed by atoms with Gasteiger partial charge in [-0.2, -0.15) is 0 Å². The number of rotatable bonds is 2. The Kier molecular flexibility index (Phi) is 3.85. The highest BCUT2D eigenvalue weighted by molar-refractivity contribution is 6.30. The number of carbonyl (C=O) groups is 1. The lowest BCUT2D eigenvalue weighted by Gasteiger charge is -2.06. The SMILES string of the molecule is Cc1ccc(OC(=O)Nc2ccc(Cl)cc2)cc1. The largest absolute Gasteiger partial charge is 0.417 e. The highest BCUT2D eigenvalue weighted by Crippen LogP contribution is 2.15. The van der Waals surface area contributed by atoms with E-state index in [0.29, 0.717) is 16.5 Å². The van der Waals surface area contributed by atoms with E-state index in [-0.39, 0.29) is 0 Å². The molecule has 0 radical (unpaired) electrons. The van der Waals surface area contributed by atoms with Crippen molar-refractivity contribution in [1.29, 1.82) is 0 Å². The molecule has 0 heterocycles. The van der Waals surface area contributed by atoms with Crippen molar-refractivity contribution < 1.29 is 9.53 Å². The second-order valence-electron chi connectivity index (χ2n) is 3.83. The minimum absolute atomic E-state index is 0.507. The summed E-state index contributed by atoms with van der Waals surface area (Å²) in [5, 5.41) is 3.23. The third kappa shape index (κ3) is 3.50. The molecule has 0 aliphatic heterocycles. The number of anilines is 1. The molecule has 0 bridgehead atoms. The lowest BCUT2D eigenvalue weighted by Crippen LogP contribution is -2.16. The Balaban J connectivity index is 1.96. The average Bonchev–Trinajstić information content (AvgIpc) is 2.35. The maximum Gasteiger partial charge on any atom is 0.417 e. The van der Waals surface area contributed by atoms with Crippen LogP contribution in [0.15, 0.2) is 48.5 Å². The lowest BCUT2D eigenvalue weighted by molar-refractivity contribution is 0.215. The maximum atomic E-state index is 11.6. The molecule has 0 spiro atoms. The molecule has 2 rings (SSSR count). The number of carbonyl (C=O) groups excluding carboxylic acids is 1. The van der Waals surface area contributed by atoms with Crippen LogP contribution in [-0.2, 0) is 0 Å². The van der Waals surface area contributed by atoms with Gasteiger partial charge in [0.25, 0.3) is 0 Å². The molecule has 0 aromatic heterocycles. The Hall–Kier alpha value is -2.00. The van der Waals surface area contributed by atoms with Crippen LogP contribution in [0.2, 0.25) is 5.02 Å². The molecule has 0 atom stereocenters. The zero-order valence-corrected chi connectivity index (χ0v) is 10.6. The summed E-state index contributed by atoms with van der Waals surface area (Å²) in [6.07, 6.45) is -0.527. The molecule has 0 saturated heterocycles. The first-order valence-corrected chi connectivity index (χ1v) is 5.82. The minimum atomic E-state index is -0.527. The Bertz CT molecular complexity index is 485. The van der Waals surface area contributed by atoms with E-state index in [4.69, 9.17) is 16.3 Å². The van der Waals surface area contributed by atoms with Gasteiger partial charge in [0, 0.05) is 10.7 Å². The number of aryl methyl sites for hydroxylation is 1. The number of hydrogen-bond acceptors (Lipinski definition) is 2. The van der Waals surface area contributed by atoms with Gasteiger partial charge in [0.1, 0.15) is 5.75 Å². The summed E-state index contributed by atoms with van der Waals surface area (Å²) in [5.74, 6) is 0.507. The van der Waals surface area contributed by atoms with Crippen LogP contribution in [0.4, 0.5) is 10.5 Å². The average molecular weight is 262 g/mol. The zero-order chi connectivity index (χ0) is 13.0. The van der Waals surface area contributed by atoms with Gasteiger partial charge in [-0.05, 0) is 43.3 Å². The molecule has 2 aromatic carbocycles. The molecule has 0 fully saturated rings. The van der Waals surface area contributed by atoms with Crippen LogP contribution < -0.4 is 10.1 Å². The summed E-state index contributed by atoms with van der Waals surface area (Å²) < 4.78 is 5.12. The van der Waals surface area contributed by atoms with Crippen LogP contribution in [0.1, 0.15) is 5.56 Å². The molecule has 4 heteroatoms. The van der Waals surface area contributed by atoms with Crippen LogP contribution in [0.5, 0.6) is 5.75 Å². The topological polar surface area (TPSA) is 38.3 Å². The summed E-state index contributed by atoms with van der Waals surface area (Å²) in [5.41, 5.74) is 1.75. The van der Waals surface area contributed by atoms with Gasteiger partial charge >= 0.3 is 6.09 Å². The molecule has 1 N–H and O–H groups in total. The second-order valence-corrected chi connectivity index (χ2v) is 4.27. The predicted octanol–water partition coefficient (Wildman–Crippen LogP) is 4.26. The highest BCUT2D eigenvalue weighted by atomic mass is 35.5. The van der Waals surface area contributed by atoms with Crippen LogP contribution in [0.3, 0.4) is 0 Å². The van der Waals surface area contributed by atoms with Gasteiger partial charge in [0.05, 0.1) is 0 Å². The van der Waals surface area contributed by atoms with E-state index in [1.165, 1.54) is 0 Å². The smallest absolute Gasteiger partial charge is 0.410 e. The second kappa shape index (κ2) is 5.56. The number of nitrogens with one attached hydrogen (secondary N) is 1. The Morgan fingerprint density at radius 1 is 1.06 bits per heavy atom. The molecule has 0 saturated carbocycles. The third-order valence-electron chi connectivity index (χ3n) is 2.32.